The van der Waals surface area contributed by atoms with Crippen molar-refractivity contribution in [3.05, 3.63) is 23.8 Å². The fourth-order valence-corrected chi connectivity index (χ4v) is 2.28. The second-order valence-electron chi connectivity index (χ2n) is 4.83. The van der Waals surface area contributed by atoms with Crippen molar-refractivity contribution in [2.45, 2.75) is 24.8 Å². The van der Waals surface area contributed by atoms with Crippen molar-refractivity contribution < 1.29 is 23.1 Å². The van der Waals surface area contributed by atoms with E-state index in [-0.39, 0.29) is 22.1 Å². The highest BCUT2D eigenvalue weighted by atomic mass is 32.2. The maximum atomic E-state index is 11.3. The van der Waals surface area contributed by atoms with E-state index in [9.17, 15) is 18.0 Å². The van der Waals surface area contributed by atoms with E-state index in [2.05, 4.69) is 5.32 Å². The number of anilines is 1. The highest BCUT2D eigenvalue weighted by Gasteiger charge is 2.23. The molecule has 0 saturated carbocycles. The molecule has 0 aliphatic rings. The van der Waals surface area contributed by atoms with Crippen LogP contribution in [0.4, 0.5) is 5.69 Å². The van der Waals surface area contributed by atoms with Crippen LogP contribution >= 0.6 is 0 Å². The molecule has 0 bridgehead atoms. The summed E-state index contributed by atoms with van der Waals surface area (Å²) in [5, 5.41) is 16.8. The topological polar surface area (TPSA) is 153 Å². The van der Waals surface area contributed by atoms with Crippen LogP contribution in [0.15, 0.2) is 23.1 Å². The molecule has 6 N–H and O–H groups in total. The molecule has 9 heteroatoms. The van der Waals surface area contributed by atoms with Gasteiger partial charge in [0.15, 0.2) is 0 Å². The molecule has 0 aromatic heterocycles. The molecule has 8 nitrogen and oxygen atoms in total. The normalized spacial score (nSPS) is 13.0. The summed E-state index contributed by atoms with van der Waals surface area (Å²) in [6.07, 6.45) is 0. The first-order valence-corrected chi connectivity index (χ1v) is 7.54. The summed E-state index contributed by atoms with van der Waals surface area (Å²) < 4.78 is 22.5. The van der Waals surface area contributed by atoms with Crippen molar-refractivity contribution in [1.82, 2.24) is 0 Å². The third-order valence-corrected chi connectivity index (χ3v) is 3.75. The van der Waals surface area contributed by atoms with E-state index in [4.69, 9.17) is 16.0 Å². The van der Waals surface area contributed by atoms with Gasteiger partial charge < -0.3 is 16.2 Å². The van der Waals surface area contributed by atoms with Gasteiger partial charge in [-0.05, 0) is 24.1 Å². The summed E-state index contributed by atoms with van der Waals surface area (Å²) in [7, 11) is -4.02. The van der Waals surface area contributed by atoms with Crippen LogP contribution < -0.4 is 16.2 Å². The zero-order valence-corrected chi connectivity index (χ0v) is 12.3. The van der Waals surface area contributed by atoms with Crippen molar-refractivity contribution in [3.63, 3.8) is 0 Å². The van der Waals surface area contributed by atoms with Crippen LogP contribution in [0.1, 0.15) is 24.2 Å². The monoisotopic (exact) mass is 315 g/mol. The Hall–Kier alpha value is -2.13. The van der Waals surface area contributed by atoms with Gasteiger partial charge in [0.05, 0.1) is 10.5 Å². The summed E-state index contributed by atoms with van der Waals surface area (Å²) in [5.41, 5.74) is 5.02. The average molecular weight is 315 g/mol. The van der Waals surface area contributed by atoms with Gasteiger partial charge in [-0.25, -0.2) is 18.4 Å². The van der Waals surface area contributed by atoms with Crippen LogP contribution in [0.3, 0.4) is 0 Å². The lowest BCUT2D eigenvalue weighted by atomic mass is 10.0. The average Bonchev–Trinajstić information content (AvgIpc) is 2.33. The van der Waals surface area contributed by atoms with E-state index in [0.29, 0.717) is 0 Å². The van der Waals surface area contributed by atoms with E-state index in [1.807, 2.05) is 0 Å². The SMILES string of the molecule is CC(C)C(Nc1ccc(S(N)(=O)=O)cc1C(=O)O)C(N)=O. The van der Waals surface area contributed by atoms with Crippen LogP contribution in [-0.2, 0) is 14.8 Å². The molecule has 0 radical (unpaired) electrons. The van der Waals surface area contributed by atoms with E-state index >= 15 is 0 Å². The molecule has 0 spiro atoms. The van der Waals surface area contributed by atoms with Gasteiger partial charge >= 0.3 is 5.97 Å². The number of primary sulfonamides is 1. The van der Waals surface area contributed by atoms with Gasteiger partial charge in [-0.2, -0.15) is 0 Å². The number of benzene rings is 1. The quantitative estimate of drug-likeness (QED) is 0.577. The minimum absolute atomic E-state index is 0.0902. The number of sulfonamides is 1. The highest BCUT2D eigenvalue weighted by Crippen LogP contribution is 2.22. The lowest BCUT2D eigenvalue weighted by Gasteiger charge is -2.21. The predicted molar refractivity (Wildman–Crippen MR) is 76.2 cm³/mol. The Bertz CT molecular complexity index is 669. The lowest BCUT2D eigenvalue weighted by Crippen LogP contribution is -2.39. The number of rotatable bonds is 6. The molecule has 0 fully saturated rings. The number of carboxylic acid groups (broad SMARTS) is 1. The number of hydrogen-bond donors (Lipinski definition) is 4. The van der Waals surface area contributed by atoms with Gasteiger partial charge in [0.25, 0.3) is 0 Å². The highest BCUT2D eigenvalue weighted by molar-refractivity contribution is 7.89. The standard InChI is InChI=1S/C12H17N3O5S/c1-6(2)10(11(13)16)15-9-4-3-7(21(14,19)20)5-8(9)12(17)18/h3-6,10,15H,1-2H3,(H2,13,16)(H,17,18)(H2,14,19,20). The third-order valence-electron chi connectivity index (χ3n) is 2.83. The van der Waals surface area contributed by atoms with Crippen molar-refractivity contribution >= 4 is 27.6 Å². The maximum absolute atomic E-state index is 11.3. The Morgan fingerprint density at radius 3 is 2.24 bits per heavy atom. The molecule has 1 amide bonds. The van der Waals surface area contributed by atoms with Crippen molar-refractivity contribution in [2.24, 2.45) is 16.8 Å². The van der Waals surface area contributed by atoms with Crippen molar-refractivity contribution in [3.8, 4) is 0 Å². The Morgan fingerprint density at radius 2 is 1.86 bits per heavy atom. The molecule has 0 aliphatic heterocycles. The number of carbonyl (C=O) groups is 2. The molecule has 0 heterocycles. The van der Waals surface area contributed by atoms with E-state index < -0.39 is 27.9 Å². The number of primary amides is 1. The summed E-state index contributed by atoms with van der Waals surface area (Å²) in [6, 6.07) is 2.53. The Morgan fingerprint density at radius 1 is 1.29 bits per heavy atom. The van der Waals surface area contributed by atoms with Crippen LogP contribution in [0.25, 0.3) is 0 Å². The largest absolute Gasteiger partial charge is 0.478 e. The van der Waals surface area contributed by atoms with Crippen LogP contribution in [0, 0.1) is 5.92 Å². The van der Waals surface area contributed by atoms with Crippen molar-refractivity contribution in [1.29, 1.82) is 0 Å². The summed E-state index contributed by atoms with van der Waals surface area (Å²) in [6.45, 7) is 3.48. The second-order valence-corrected chi connectivity index (χ2v) is 6.39. The fourth-order valence-electron chi connectivity index (χ4n) is 1.74. The molecule has 1 atom stereocenters. The van der Waals surface area contributed by atoms with Gasteiger partial charge in [0, 0.05) is 5.69 Å². The smallest absolute Gasteiger partial charge is 0.337 e. The Labute approximate surface area is 122 Å². The van der Waals surface area contributed by atoms with E-state index in [1.165, 1.54) is 6.07 Å². The second kappa shape index (κ2) is 6.10. The number of aromatic carboxylic acids is 1. The van der Waals surface area contributed by atoms with Gasteiger partial charge in [-0.3, -0.25) is 4.79 Å². The first-order valence-electron chi connectivity index (χ1n) is 6.00. The molecule has 1 unspecified atom stereocenters. The zero-order valence-electron chi connectivity index (χ0n) is 11.5. The summed E-state index contributed by atoms with van der Waals surface area (Å²) in [4.78, 5) is 22.3. The molecule has 0 saturated heterocycles. The predicted octanol–water partition coefficient (Wildman–Crippen LogP) is -0.0460. The number of nitrogens with one attached hydrogen (secondary N) is 1. The van der Waals surface area contributed by atoms with Crippen LogP contribution in [0.5, 0.6) is 0 Å². The van der Waals surface area contributed by atoms with Gasteiger partial charge in [0.1, 0.15) is 6.04 Å². The van der Waals surface area contributed by atoms with Crippen LogP contribution in [-0.4, -0.2) is 31.4 Å². The fraction of sp³-hybridized carbons (Fsp3) is 0.333. The molecule has 21 heavy (non-hydrogen) atoms. The summed E-state index contributed by atoms with van der Waals surface area (Å²) in [5.74, 6) is -2.17. The van der Waals surface area contributed by atoms with Gasteiger partial charge in [0.2, 0.25) is 15.9 Å². The maximum Gasteiger partial charge on any atom is 0.337 e. The number of hydrogen-bond acceptors (Lipinski definition) is 5. The first-order chi connectivity index (χ1) is 9.54. The lowest BCUT2D eigenvalue weighted by molar-refractivity contribution is -0.119. The molecule has 1 rings (SSSR count). The summed E-state index contributed by atoms with van der Waals surface area (Å²) >= 11 is 0. The molecule has 1 aromatic carbocycles. The van der Waals surface area contributed by atoms with Crippen molar-refractivity contribution in [2.75, 3.05) is 5.32 Å². The Kier molecular flexibility index (Phi) is 4.92. The molecule has 1 aromatic rings. The van der Waals surface area contributed by atoms with E-state index in [1.54, 1.807) is 13.8 Å². The molecular formula is C12H17N3O5S. The zero-order chi connectivity index (χ0) is 16.4. The molecular weight excluding hydrogens is 298 g/mol. The minimum atomic E-state index is -4.02. The molecule has 0 aliphatic carbocycles. The minimum Gasteiger partial charge on any atom is -0.478 e. The molecule has 116 valence electrons. The first kappa shape index (κ1) is 16.9. The number of nitrogens with two attached hydrogens (primary N) is 2. The third kappa shape index (κ3) is 4.17. The number of carbonyl (C=O) groups excluding carboxylic acids is 1. The number of amides is 1. The van der Waals surface area contributed by atoms with E-state index in [0.717, 1.165) is 12.1 Å². The van der Waals surface area contributed by atoms with Gasteiger partial charge in [-0.15, -0.1) is 0 Å². The Balaban J connectivity index is 3.31. The van der Waals surface area contributed by atoms with Gasteiger partial charge in [-0.1, -0.05) is 13.8 Å². The number of carboxylic acids is 1. The van der Waals surface area contributed by atoms with Crippen LogP contribution in [0.2, 0.25) is 0 Å².